The molecule has 1 heteroatoms. The van der Waals surface area contributed by atoms with Crippen molar-refractivity contribution in [2.75, 3.05) is 0 Å². The van der Waals surface area contributed by atoms with Crippen molar-refractivity contribution in [3.05, 3.63) is 37.1 Å². The Kier molecular flexibility index (Phi) is 4.92. The van der Waals surface area contributed by atoms with Crippen LogP contribution in [0.25, 0.3) is 0 Å². The average molecular weight is 219 g/mol. The van der Waals surface area contributed by atoms with E-state index in [2.05, 4.69) is 59.7 Å². The average Bonchev–Trinajstić information content (AvgIpc) is 2.08. The van der Waals surface area contributed by atoms with Gasteiger partial charge in [0.2, 0.25) is 0 Å². The van der Waals surface area contributed by atoms with Crippen LogP contribution in [-0.4, -0.2) is 5.71 Å². The van der Waals surface area contributed by atoms with Gasteiger partial charge in [-0.05, 0) is 17.1 Å². The minimum Gasteiger partial charge on any atom is -0.260 e. The molecule has 0 aromatic heterocycles. The molecule has 0 aliphatic heterocycles. The molecule has 0 aromatic rings. The van der Waals surface area contributed by atoms with Crippen LogP contribution in [0.4, 0.5) is 0 Å². The zero-order valence-corrected chi connectivity index (χ0v) is 11.6. The largest absolute Gasteiger partial charge is 0.260 e. The molecule has 0 heterocycles. The van der Waals surface area contributed by atoms with Gasteiger partial charge < -0.3 is 0 Å². The molecule has 0 amide bonds. The van der Waals surface area contributed by atoms with Crippen LogP contribution in [0.3, 0.4) is 0 Å². The molecular weight excluding hydrogens is 194 g/mol. The van der Waals surface area contributed by atoms with Gasteiger partial charge >= 0.3 is 0 Å². The molecule has 16 heavy (non-hydrogen) atoms. The van der Waals surface area contributed by atoms with Gasteiger partial charge in [-0.3, -0.25) is 4.99 Å². The first-order chi connectivity index (χ1) is 7.12. The predicted octanol–water partition coefficient (Wildman–Crippen LogP) is 4.78. The standard InChI is InChI=1S/C15H25N/c1-9-12(14(3,4)5)11-16-13(10-2)15(6,7)8/h9-11H,1-2H2,3-8H3/b12-11+,16-13?. The minimum absolute atomic E-state index is 0.0302. The van der Waals surface area contributed by atoms with Crippen molar-refractivity contribution in [3.8, 4) is 0 Å². The predicted molar refractivity (Wildman–Crippen MR) is 74.8 cm³/mol. The van der Waals surface area contributed by atoms with E-state index >= 15 is 0 Å². The molecule has 0 rings (SSSR count). The summed E-state index contributed by atoms with van der Waals surface area (Å²) in [6.07, 6.45) is 5.59. The second kappa shape index (κ2) is 5.29. The van der Waals surface area contributed by atoms with Crippen molar-refractivity contribution in [1.29, 1.82) is 0 Å². The van der Waals surface area contributed by atoms with Gasteiger partial charge in [-0.25, -0.2) is 0 Å². The summed E-state index contributed by atoms with van der Waals surface area (Å²) < 4.78 is 0. The number of rotatable bonds is 3. The summed E-state index contributed by atoms with van der Waals surface area (Å²) in [6.45, 7) is 20.5. The zero-order chi connectivity index (χ0) is 13.0. The van der Waals surface area contributed by atoms with Gasteiger partial charge in [0.25, 0.3) is 0 Å². The maximum absolute atomic E-state index is 4.52. The van der Waals surface area contributed by atoms with Crippen molar-refractivity contribution in [2.24, 2.45) is 15.8 Å². The summed E-state index contributed by atoms with van der Waals surface area (Å²) in [6, 6.07) is 0. The van der Waals surface area contributed by atoms with Gasteiger partial charge in [0.1, 0.15) is 0 Å². The van der Waals surface area contributed by atoms with E-state index in [0.717, 1.165) is 11.3 Å². The highest BCUT2D eigenvalue weighted by molar-refractivity contribution is 5.98. The summed E-state index contributed by atoms with van der Waals surface area (Å²) in [4.78, 5) is 4.52. The van der Waals surface area contributed by atoms with E-state index in [0.29, 0.717) is 0 Å². The van der Waals surface area contributed by atoms with Gasteiger partial charge in [-0.1, -0.05) is 60.8 Å². The Bertz CT molecular complexity index is 282. The van der Waals surface area contributed by atoms with Crippen LogP contribution in [0, 0.1) is 10.8 Å². The van der Waals surface area contributed by atoms with Crippen LogP contribution >= 0.6 is 0 Å². The molecule has 1 nitrogen and oxygen atoms in total. The van der Waals surface area contributed by atoms with Gasteiger partial charge in [-0.15, -0.1) is 0 Å². The maximum Gasteiger partial charge on any atom is 0.0451 e. The Morgan fingerprint density at radius 1 is 0.875 bits per heavy atom. The van der Waals surface area contributed by atoms with E-state index in [9.17, 15) is 0 Å². The van der Waals surface area contributed by atoms with E-state index in [-0.39, 0.29) is 10.8 Å². The Labute approximate surface area is 101 Å². The smallest absolute Gasteiger partial charge is 0.0451 e. The lowest BCUT2D eigenvalue weighted by molar-refractivity contribution is 0.515. The first-order valence-electron chi connectivity index (χ1n) is 5.66. The van der Waals surface area contributed by atoms with E-state index in [4.69, 9.17) is 0 Å². The molecule has 0 aliphatic rings. The van der Waals surface area contributed by atoms with Crippen LogP contribution in [0.5, 0.6) is 0 Å². The molecule has 0 radical (unpaired) electrons. The molecule has 0 bridgehead atoms. The van der Waals surface area contributed by atoms with E-state index in [1.165, 1.54) is 0 Å². The summed E-state index contributed by atoms with van der Waals surface area (Å²) in [5, 5.41) is 0. The molecule has 0 N–H and O–H groups in total. The second-order valence-corrected chi connectivity index (χ2v) is 6.01. The normalized spacial score (nSPS) is 14.9. The Morgan fingerprint density at radius 2 is 1.38 bits per heavy atom. The molecule has 0 spiro atoms. The number of hydrogen-bond acceptors (Lipinski definition) is 1. The summed E-state index contributed by atoms with van der Waals surface area (Å²) >= 11 is 0. The number of allylic oxidation sites excluding steroid dienone is 3. The molecular formula is C15H25N. The fourth-order valence-corrected chi connectivity index (χ4v) is 1.24. The van der Waals surface area contributed by atoms with Gasteiger partial charge in [0.15, 0.2) is 0 Å². The highest BCUT2D eigenvalue weighted by atomic mass is 14.7. The third-order valence-electron chi connectivity index (χ3n) is 2.39. The van der Waals surface area contributed by atoms with E-state index in [1.807, 2.05) is 18.4 Å². The molecule has 0 saturated heterocycles. The summed E-state index contributed by atoms with van der Waals surface area (Å²) in [7, 11) is 0. The summed E-state index contributed by atoms with van der Waals surface area (Å²) in [5.74, 6) is 0. The van der Waals surface area contributed by atoms with Crippen molar-refractivity contribution >= 4 is 5.71 Å². The van der Waals surface area contributed by atoms with Crippen molar-refractivity contribution in [1.82, 2.24) is 0 Å². The number of aliphatic imine (C=N–C) groups is 1. The lowest BCUT2D eigenvalue weighted by atomic mass is 9.87. The van der Waals surface area contributed by atoms with Crippen molar-refractivity contribution in [3.63, 3.8) is 0 Å². The third kappa shape index (κ3) is 4.61. The van der Waals surface area contributed by atoms with Gasteiger partial charge in [0, 0.05) is 17.3 Å². The van der Waals surface area contributed by atoms with Crippen molar-refractivity contribution < 1.29 is 0 Å². The highest BCUT2D eigenvalue weighted by Gasteiger charge is 2.17. The van der Waals surface area contributed by atoms with Crippen LogP contribution in [0.1, 0.15) is 41.5 Å². The van der Waals surface area contributed by atoms with Crippen LogP contribution in [0.2, 0.25) is 0 Å². The highest BCUT2D eigenvalue weighted by Crippen LogP contribution is 2.26. The maximum atomic E-state index is 4.52. The third-order valence-corrected chi connectivity index (χ3v) is 2.39. The lowest BCUT2D eigenvalue weighted by Gasteiger charge is -2.21. The first-order valence-corrected chi connectivity index (χ1v) is 5.66. The van der Waals surface area contributed by atoms with Crippen LogP contribution in [0.15, 0.2) is 42.1 Å². The molecule has 0 atom stereocenters. The molecule has 90 valence electrons. The topological polar surface area (TPSA) is 12.4 Å². The van der Waals surface area contributed by atoms with E-state index < -0.39 is 0 Å². The van der Waals surface area contributed by atoms with Crippen LogP contribution < -0.4 is 0 Å². The molecule has 0 fully saturated rings. The molecule has 0 unspecified atom stereocenters. The Morgan fingerprint density at radius 3 is 1.62 bits per heavy atom. The van der Waals surface area contributed by atoms with Gasteiger partial charge in [0.05, 0.1) is 0 Å². The second-order valence-electron chi connectivity index (χ2n) is 6.01. The monoisotopic (exact) mass is 219 g/mol. The van der Waals surface area contributed by atoms with Gasteiger partial charge in [-0.2, -0.15) is 0 Å². The summed E-state index contributed by atoms with van der Waals surface area (Å²) in [5.41, 5.74) is 2.24. The number of nitrogens with zero attached hydrogens (tertiary/aromatic N) is 1. The fourth-order valence-electron chi connectivity index (χ4n) is 1.24. The number of hydrogen-bond donors (Lipinski definition) is 0. The zero-order valence-electron chi connectivity index (χ0n) is 11.6. The van der Waals surface area contributed by atoms with E-state index in [1.54, 1.807) is 0 Å². The molecule has 0 aromatic carbocycles. The van der Waals surface area contributed by atoms with Crippen LogP contribution in [-0.2, 0) is 0 Å². The molecule has 0 aliphatic carbocycles. The minimum atomic E-state index is 0.0302. The Hall–Kier alpha value is -1.11. The molecule has 0 saturated carbocycles. The first kappa shape index (κ1) is 14.9. The van der Waals surface area contributed by atoms with Crippen molar-refractivity contribution in [2.45, 2.75) is 41.5 Å². The lowest BCUT2D eigenvalue weighted by Crippen LogP contribution is -2.17. The Balaban J connectivity index is 5.24. The SMILES string of the molecule is C=CC(=N/C=C(\C=C)C(C)(C)C)C(C)(C)C. The fraction of sp³-hybridized carbons (Fsp3) is 0.533. The quantitative estimate of drug-likeness (QED) is 0.478.